The van der Waals surface area contributed by atoms with Crippen LogP contribution in [0.5, 0.6) is 5.88 Å². The molecule has 0 spiro atoms. The molecule has 8 nitrogen and oxygen atoms in total. The molecule has 0 atom stereocenters. The van der Waals surface area contributed by atoms with E-state index < -0.39 is 16.1 Å². The topological polar surface area (TPSA) is 107 Å². The molecule has 0 aliphatic heterocycles. The van der Waals surface area contributed by atoms with E-state index >= 15 is 0 Å². The maximum Gasteiger partial charge on any atom is 0.332 e. The summed E-state index contributed by atoms with van der Waals surface area (Å²) in [4.78, 5) is 16.7. The van der Waals surface area contributed by atoms with Crippen molar-refractivity contribution in [3.8, 4) is 17.0 Å². The zero-order valence-electron chi connectivity index (χ0n) is 17.4. The molecule has 0 radical (unpaired) electrons. The number of nitrogens with one attached hydrogen (secondary N) is 2. The normalized spacial score (nSPS) is 13.2. The third-order valence-electron chi connectivity index (χ3n) is 4.83. The van der Waals surface area contributed by atoms with Crippen LogP contribution in [0.25, 0.3) is 11.1 Å². The first-order chi connectivity index (χ1) is 14.3. The number of hydrogen-bond donors (Lipinski definition) is 2. The molecule has 0 fully saturated rings. The number of fused-ring (bicyclic) bond motifs is 1. The van der Waals surface area contributed by atoms with Gasteiger partial charge in [-0.15, -0.1) is 0 Å². The maximum atomic E-state index is 12.6. The Hall–Kier alpha value is -2.65. The molecule has 0 unspecified atom stereocenters. The number of anilines is 1. The molecule has 2 amide bonds. The monoisotopic (exact) mass is 433 g/mol. The maximum absolute atomic E-state index is 12.6. The van der Waals surface area contributed by atoms with Crippen LogP contribution in [0, 0.1) is 0 Å². The van der Waals surface area contributed by atoms with Crippen LogP contribution in [-0.4, -0.2) is 45.0 Å². The molecular formula is C21H27N3O5S. The van der Waals surface area contributed by atoms with Crippen LogP contribution >= 0.6 is 0 Å². The van der Waals surface area contributed by atoms with Crippen LogP contribution in [0.4, 0.5) is 10.5 Å². The van der Waals surface area contributed by atoms with E-state index in [2.05, 4.69) is 15.0 Å². The van der Waals surface area contributed by atoms with E-state index in [9.17, 15) is 13.2 Å². The largest absolute Gasteiger partial charge is 0.481 e. The number of pyridine rings is 1. The van der Waals surface area contributed by atoms with Crippen LogP contribution in [-0.2, 0) is 27.6 Å². The molecule has 9 heteroatoms. The van der Waals surface area contributed by atoms with Gasteiger partial charge >= 0.3 is 6.03 Å². The van der Waals surface area contributed by atoms with Gasteiger partial charge in [0.2, 0.25) is 15.9 Å². The second-order valence-corrected chi connectivity index (χ2v) is 9.20. The summed E-state index contributed by atoms with van der Waals surface area (Å²) in [5, 5.41) is 2.77. The van der Waals surface area contributed by atoms with Gasteiger partial charge in [-0.1, -0.05) is 12.1 Å². The fourth-order valence-electron chi connectivity index (χ4n) is 3.46. The Labute approximate surface area is 177 Å². The van der Waals surface area contributed by atoms with E-state index in [4.69, 9.17) is 9.47 Å². The van der Waals surface area contributed by atoms with E-state index in [1.165, 1.54) is 7.11 Å². The van der Waals surface area contributed by atoms with Gasteiger partial charge in [-0.25, -0.2) is 22.9 Å². The van der Waals surface area contributed by atoms with Gasteiger partial charge in [-0.2, -0.15) is 0 Å². The van der Waals surface area contributed by atoms with E-state index in [0.29, 0.717) is 11.6 Å². The Morgan fingerprint density at radius 1 is 1.23 bits per heavy atom. The number of nitrogens with zero attached hydrogens (tertiary/aromatic N) is 1. The van der Waals surface area contributed by atoms with Crippen LogP contribution in [0.1, 0.15) is 31.4 Å². The molecule has 30 heavy (non-hydrogen) atoms. The van der Waals surface area contributed by atoms with Crippen LogP contribution in [0.3, 0.4) is 0 Å². The van der Waals surface area contributed by atoms with Gasteiger partial charge in [-0.3, -0.25) is 0 Å². The molecule has 1 aromatic heterocycles. The third-order valence-corrected chi connectivity index (χ3v) is 6.03. The molecule has 1 heterocycles. The summed E-state index contributed by atoms with van der Waals surface area (Å²) in [5.41, 5.74) is 4.40. The average Bonchev–Trinajstić information content (AvgIpc) is 3.16. The summed E-state index contributed by atoms with van der Waals surface area (Å²) < 4.78 is 37.0. The van der Waals surface area contributed by atoms with E-state index in [0.717, 1.165) is 41.5 Å². The first-order valence-corrected chi connectivity index (χ1v) is 11.5. The number of rotatable bonds is 8. The number of aromatic nitrogens is 1. The smallest absolute Gasteiger partial charge is 0.332 e. The number of methoxy groups -OCH3 is 1. The minimum absolute atomic E-state index is 0.0169. The Bertz CT molecular complexity index is 1020. The second kappa shape index (κ2) is 9.44. The molecule has 1 aromatic carbocycles. The van der Waals surface area contributed by atoms with Crippen molar-refractivity contribution in [1.82, 2.24) is 9.71 Å². The molecule has 3 rings (SSSR count). The first-order valence-electron chi connectivity index (χ1n) is 9.87. The van der Waals surface area contributed by atoms with E-state index in [-0.39, 0.29) is 18.5 Å². The molecule has 1 aliphatic carbocycles. The molecule has 2 aromatic rings. The van der Waals surface area contributed by atoms with Crippen LogP contribution < -0.4 is 14.8 Å². The Balaban J connectivity index is 1.84. The molecule has 162 valence electrons. The molecule has 0 saturated heterocycles. The van der Waals surface area contributed by atoms with Gasteiger partial charge in [0.1, 0.15) is 0 Å². The minimum Gasteiger partial charge on any atom is -0.481 e. The van der Waals surface area contributed by atoms with Crippen molar-refractivity contribution in [3.63, 3.8) is 0 Å². The zero-order valence-corrected chi connectivity index (χ0v) is 18.2. The summed E-state index contributed by atoms with van der Waals surface area (Å²) in [5.74, 6) is 0.163. The van der Waals surface area contributed by atoms with Gasteiger partial charge in [0, 0.05) is 17.8 Å². The summed E-state index contributed by atoms with van der Waals surface area (Å²) in [7, 11) is -2.28. The van der Waals surface area contributed by atoms with Crippen molar-refractivity contribution in [2.75, 3.05) is 24.8 Å². The Morgan fingerprint density at radius 2 is 2.03 bits per heavy atom. The summed E-state index contributed by atoms with van der Waals surface area (Å²) in [6.07, 6.45) is 4.28. The SMILES string of the molecule is COc1cc(-c2ccc3c(c2NC(=O)NS(=O)(=O)CCOC(C)C)CCC3)ccn1. The number of ether oxygens (including phenoxy) is 2. The lowest BCUT2D eigenvalue weighted by molar-refractivity contribution is 0.0912. The molecular weight excluding hydrogens is 406 g/mol. The number of hydrogen-bond acceptors (Lipinski definition) is 6. The molecule has 0 saturated carbocycles. The highest BCUT2D eigenvalue weighted by atomic mass is 32.2. The van der Waals surface area contributed by atoms with Gasteiger partial charge < -0.3 is 14.8 Å². The number of urea groups is 1. The van der Waals surface area contributed by atoms with Gasteiger partial charge in [0.15, 0.2) is 0 Å². The number of carbonyl (C=O) groups is 1. The highest BCUT2D eigenvalue weighted by Gasteiger charge is 2.22. The van der Waals surface area contributed by atoms with Crippen molar-refractivity contribution in [3.05, 3.63) is 41.6 Å². The number of sulfonamides is 1. The van der Waals surface area contributed by atoms with E-state index in [1.807, 2.05) is 32.0 Å². The standard InChI is InChI=1S/C21H27N3O5S/c1-14(2)29-11-12-30(26,27)24-21(25)23-20-17-6-4-5-15(17)7-8-18(20)16-9-10-22-19(13-16)28-3/h7-10,13-14H,4-6,11-12H2,1-3H3,(H2,23,24,25). The van der Waals surface area contributed by atoms with Crippen LogP contribution in [0.15, 0.2) is 30.5 Å². The first kappa shape index (κ1) is 22.0. The summed E-state index contributed by atoms with van der Waals surface area (Å²) >= 11 is 0. The molecule has 2 N–H and O–H groups in total. The fraction of sp³-hybridized carbons (Fsp3) is 0.429. The van der Waals surface area contributed by atoms with Crippen molar-refractivity contribution < 1.29 is 22.7 Å². The molecule has 0 bridgehead atoms. The second-order valence-electron chi connectivity index (χ2n) is 7.36. The highest BCUT2D eigenvalue weighted by Crippen LogP contribution is 2.38. The number of amides is 2. The number of carbonyl (C=O) groups excluding carboxylic acids is 1. The Morgan fingerprint density at radius 3 is 2.77 bits per heavy atom. The fourth-order valence-corrected chi connectivity index (χ4v) is 4.21. The number of benzene rings is 1. The lowest BCUT2D eigenvalue weighted by atomic mass is 9.98. The van der Waals surface area contributed by atoms with Gasteiger partial charge in [0.25, 0.3) is 0 Å². The van der Waals surface area contributed by atoms with Gasteiger partial charge in [-0.05, 0) is 55.9 Å². The van der Waals surface area contributed by atoms with Crippen molar-refractivity contribution in [1.29, 1.82) is 0 Å². The summed E-state index contributed by atoms with van der Waals surface area (Å²) in [6.45, 7) is 3.65. The predicted molar refractivity (Wildman–Crippen MR) is 115 cm³/mol. The zero-order chi connectivity index (χ0) is 21.7. The van der Waals surface area contributed by atoms with Crippen molar-refractivity contribution in [2.45, 2.75) is 39.2 Å². The van der Waals surface area contributed by atoms with Crippen LogP contribution in [0.2, 0.25) is 0 Å². The highest BCUT2D eigenvalue weighted by molar-refractivity contribution is 7.90. The van der Waals surface area contributed by atoms with E-state index in [1.54, 1.807) is 12.3 Å². The average molecular weight is 434 g/mol. The van der Waals surface area contributed by atoms with Crippen molar-refractivity contribution in [2.24, 2.45) is 0 Å². The minimum atomic E-state index is -3.82. The third kappa shape index (κ3) is 5.48. The Kier molecular flexibility index (Phi) is 6.94. The quantitative estimate of drug-likeness (QED) is 0.662. The predicted octanol–water partition coefficient (Wildman–Crippen LogP) is 3.12. The number of aryl methyl sites for hydroxylation is 1. The summed E-state index contributed by atoms with van der Waals surface area (Å²) in [6, 6.07) is 6.79. The van der Waals surface area contributed by atoms with Crippen molar-refractivity contribution >= 4 is 21.7 Å². The lowest BCUT2D eigenvalue weighted by Gasteiger charge is -2.17. The van der Waals surface area contributed by atoms with Gasteiger partial charge in [0.05, 0.1) is 31.3 Å². The molecule has 1 aliphatic rings. The lowest BCUT2D eigenvalue weighted by Crippen LogP contribution is -2.37.